The largest absolute Gasteiger partial charge is 0.372 e. The highest BCUT2D eigenvalue weighted by Crippen LogP contribution is 2.40. The minimum Gasteiger partial charge on any atom is -0.372 e. The van der Waals surface area contributed by atoms with Crippen LogP contribution in [0.4, 0.5) is 13.6 Å². The van der Waals surface area contributed by atoms with Gasteiger partial charge in [0.2, 0.25) is 0 Å². The van der Waals surface area contributed by atoms with Crippen molar-refractivity contribution >= 4 is 6.03 Å². The van der Waals surface area contributed by atoms with Gasteiger partial charge in [-0.15, -0.1) is 0 Å². The molecule has 4 rings (SSSR count). The summed E-state index contributed by atoms with van der Waals surface area (Å²) < 4.78 is 37.1. The fraction of sp³-hybridized carbons (Fsp3) is 0.500. The molecule has 1 aliphatic rings. The lowest BCUT2D eigenvalue weighted by Gasteiger charge is -2.44. The Morgan fingerprint density at radius 1 is 1.12 bits per heavy atom. The molecule has 4 atom stereocenters. The average molecular weight is 568 g/mol. The van der Waals surface area contributed by atoms with Crippen LogP contribution in [0.5, 0.6) is 0 Å². The van der Waals surface area contributed by atoms with Gasteiger partial charge >= 0.3 is 6.03 Å². The lowest BCUT2D eigenvalue weighted by molar-refractivity contribution is -0.0613. The molecule has 1 aliphatic heterocycles. The topological polar surface area (TPSA) is 76.6 Å². The van der Waals surface area contributed by atoms with Crippen LogP contribution in [0.15, 0.2) is 54.7 Å². The number of hydrogen-bond donors (Lipinski definition) is 1. The summed E-state index contributed by atoms with van der Waals surface area (Å²) in [6, 6.07) is 12.5. The number of carbonyl (C=O) groups excluding carboxylic acids is 1. The average Bonchev–Trinajstić information content (AvgIpc) is 3.29. The molecule has 0 bridgehead atoms. The van der Waals surface area contributed by atoms with E-state index in [9.17, 15) is 13.6 Å². The summed E-state index contributed by atoms with van der Waals surface area (Å²) in [4.78, 5) is 23.0. The van der Waals surface area contributed by atoms with Crippen LogP contribution in [-0.2, 0) is 11.3 Å². The molecule has 0 aliphatic carbocycles. The molecule has 222 valence electrons. The Hall–Kier alpha value is -3.30. The standard InChI is InChI=1S/C32H43F2N5O2/c1-21(35)14-15-39(31(40)38-17-22(2)41-23(3)18-38)29(32(4,5)6)30-36-28(26-16-25(33)12-13-27(26)34)20-37(30)19-24-10-8-7-9-11-24/h7-13,16,20-23,29H,14-15,17-19,35H2,1-6H3/t21-,22-,23?,29+/m1/s1. The van der Waals surface area contributed by atoms with Crippen LogP contribution in [0.25, 0.3) is 11.3 Å². The monoisotopic (exact) mass is 567 g/mol. The summed E-state index contributed by atoms with van der Waals surface area (Å²) in [5, 5.41) is 0. The van der Waals surface area contributed by atoms with E-state index in [0.717, 1.165) is 23.8 Å². The fourth-order valence-corrected chi connectivity index (χ4v) is 5.57. The second-order valence-electron chi connectivity index (χ2n) is 12.4. The number of ether oxygens (including phenoxy) is 1. The first-order chi connectivity index (χ1) is 19.3. The minimum atomic E-state index is -0.559. The highest BCUT2D eigenvalue weighted by molar-refractivity contribution is 5.75. The molecule has 0 radical (unpaired) electrons. The van der Waals surface area contributed by atoms with E-state index in [0.29, 0.717) is 44.1 Å². The van der Waals surface area contributed by atoms with E-state index in [1.165, 1.54) is 0 Å². The van der Waals surface area contributed by atoms with Crippen LogP contribution < -0.4 is 5.73 Å². The molecule has 1 unspecified atom stereocenters. The van der Waals surface area contributed by atoms with Gasteiger partial charge in [-0.1, -0.05) is 51.1 Å². The molecule has 0 saturated carbocycles. The van der Waals surface area contributed by atoms with Gasteiger partial charge in [0.15, 0.2) is 0 Å². The van der Waals surface area contributed by atoms with Gasteiger partial charge in [0.05, 0.1) is 23.9 Å². The molecule has 2 aromatic carbocycles. The summed E-state index contributed by atoms with van der Waals surface area (Å²) >= 11 is 0. The normalized spacial score (nSPS) is 19.2. The molecule has 1 aromatic heterocycles. The molecule has 0 spiro atoms. The number of imidazole rings is 1. The molecule has 1 fully saturated rings. The van der Waals surface area contributed by atoms with Gasteiger partial charge in [-0.2, -0.15) is 0 Å². The highest BCUT2D eigenvalue weighted by atomic mass is 19.1. The number of rotatable bonds is 8. The maximum atomic E-state index is 15.0. The van der Waals surface area contributed by atoms with E-state index in [2.05, 4.69) is 20.8 Å². The number of amides is 2. The smallest absolute Gasteiger partial charge is 0.320 e. The molecule has 2 amide bonds. The maximum Gasteiger partial charge on any atom is 0.320 e. The first-order valence-electron chi connectivity index (χ1n) is 14.4. The van der Waals surface area contributed by atoms with Crippen molar-refractivity contribution < 1.29 is 18.3 Å². The van der Waals surface area contributed by atoms with Crippen LogP contribution >= 0.6 is 0 Å². The van der Waals surface area contributed by atoms with Gasteiger partial charge in [-0.3, -0.25) is 0 Å². The van der Waals surface area contributed by atoms with Gasteiger partial charge < -0.3 is 24.8 Å². The zero-order valence-corrected chi connectivity index (χ0v) is 25.0. The number of nitrogens with zero attached hydrogens (tertiary/aromatic N) is 4. The van der Waals surface area contributed by atoms with Crippen molar-refractivity contribution in [1.29, 1.82) is 0 Å². The van der Waals surface area contributed by atoms with Gasteiger partial charge in [0, 0.05) is 44.0 Å². The van der Waals surface area contributed by atoms with Crippen LogP contribution in [0, 0.1) is 17.0 Å². The maximum absolute atomic E-state index is 15.0. The Balaban J connectivity index is 1.86. The van der Waals surface area contributed by atoms with Crippen molar-refractivity contribution in [2.45, 2.75) is 78.8 Å². The van der Waals surface area contributed by atoms with Gasteiger partial charge in [-0.25, -0.2) is 18.6 Å². The first-order valence-corrected chi connectivity index (χ1v) is 14.4. The predicted molar refractivity (Wildman–Crippen MR) is 157 cm³/mol. The molecule has 7 nitrogen and oxygen atoms in total. The Bertz CT molecular complexity index is 1310. The summed E-state index contributed by atoms with van der Waals surface area (Å²) in [7, 11) is 0. The van der Waals surface area contributed by atoms with Gasteiger partial charge in [0.1, 0.15) is 17.5 Å². The first kappa shape index (κ1) is 30.7. The Labute approximate surface area is 242 Å². The number of morpholine rings is 1. The second kappa shape index (κ2) is 12.7. The number of aromatic nitrogens is 2. The van der Waals surface area contributed by atoms with Crippen molar-refractivity contribution in [2.75, 3.05) is 19.6 Å². The van der Waals surface area contributed by atoms with Crippen LogP contribution in [0.2, 0.25) is 0 Å². The number of urea groups is 1. The van der Waals surface area contributed by atoms with Crippen LogP contribution in [0.3, 0.4) is 0 Å². The molecule has 1 saturated heterocycles. The van der Waals surface area contributed by atoms with Crippen LogP contribution in [-0.4, -0.2) is 63.3 Å². The highest BCUT2D eigenvalue weighted by Gasteiger charge is 2.41. The SMILES string of the molecule is CC1CN(C(=O)N(CC[C@@H](C)N)[C@@H](c2nc(-c3cc(F)ccc3F)cn2Cc2ccccc2)C(C)(C)C)C[C@@H](C)O1. The number of nitrogens with two attached hydrogens (primary N) is 1. The van der Waals surface area contributed by atoms with E-state index in [-0.39, 0.29) is 29.8 Å². The molecule has 9 heteroatoms. The summed E-state index contributed by atoms with van der Waals surface area (Å²) in [5.74, 6) is -0.500. The van der Waals surface area contributed by atoms with Crippen molar-refractivity contribution in [3.63, 3.8) is 0 Å². The van der Waals surface area contributed by atoms with Crippen LogP contribution in [0.1, 0.15) is 65.4 Å². The van der Waals surface area contributed by atoms with Gasteiger partial charge in [0.25, 0.3) is 0 Å². The van der Waals surface area contributed by atoms with Crippen molar-refractivity contribution in [1.82, 2.24) is 19.4 Å². The van der Waals surface area contributed by atoms with E-state index in [1.54, 1.807) is 6.20 Å². The summed E-state index contributed by atoms with van der Waals surface area (Å²) in [5.41, 5.74) is 7.14. The van der Waals surface area contributed by atoms with E-state index >= 15 is 0 Å². The quantitative estimate of drug-likeness (QED) is 0.350. The fourth-order valence-electron chi connectivity index (χ4n) is 5.57. The third-order valence-corrected chi connectivity index (χ3v) is 7.35. The Morgan fingerprint density at radius 3 is 2.39 bits per heavy atom. The molecule has 41 heavy (non-hydrogen) atoms. The number of carbonyl (C=O) groups is 1. The van der Waals surface area contributed by atoms with E-state index in [4.69, 9.17) is 15.5 Å². The number of hydrogen-bond acceptors (Lipinski definition) is 4. The molecular formula is C32H43F2N5O2. The third-order valence-electron chi connectivity index (χ3n) is 7.35. The zero-order valence-electron chi connectivity index (χ0n) is 25.0. The van der Waals surface area contributed by atoms with Gasteiger partial charge in [-0.05, 0) is 56.4 Å². The lowest BCUT2D eigenvalue weighted by Crippen LogP contribution is -2.55. The molecule has 2 N–H and O–H groups in total. The molecular weight excluding hydrogens is 524 g/mol. The molecule has 2 heterocycles. The van der Waals surface area contributed by atoms with Crippen molar-refractivity contribution in [2.24, 2.45) is 11.1 Å². The summed E-state index contributed by atoms with van der Waals surface area (Å²) in [6.45, 7) is 13.9. The summed E-state index contributed by atoms with van der Waals surface area (Å²) in [6.07, 6.45) is 2.17. The Morgan fingerprint density at radius 2 is 1.78 bits per heavy atom. The van der Waals surface area contributed by atoms with E-state index < -0.39 is 23.1 Å². The Kier molecular flexibility index (Phi) is 9.49. The second-order valence-corrected chi connectivity index (χ2v) is 12.4. The minimum absolute atomic E-state index is 0.0787. The predicted octanol–water partition coefficient (Wildman–Crippen LogP) is 6.23. The zero-order chi connectivity index (χ0) is 29.9. The lowest BCUT2D eigenvalue weighted by atomic mass is 9.84. The van der Waals surface area contributed by atoms with Crippen molar-refractivity contribution in [3.05, 3.63) is 77.8 Å². The van der Waals surface area contributed by atoms with Crippen molar-refractivity contribution in [3.8, 4) is 11.3 Å². The third kappa shape index (κ3) is 7.51. The number of halogens is 2. The number of benzene rings is 2. The molecule has 3 aromatic rings. The van der Waals surface area contributed by atoms with E-state index in [1.807, 2.05) is 65.5 Å².